The molecule has 8 nitrogen and oxygen atoms in total. The van der Waals surface area contributed by atoms with Crippen molar-refractivity contribution < 1.29 is 9.32 Å². The summed E-state index contributed by atoms with van der Waals surface area (Å²) in [5.41, 5.74) is 3.97. The van der Waals surface area contributed by atoms with Gasteiger partial charge in [0.25, 0.3) is 5.91 Å². The lowest BCUT2D eigenvalue weighted by Crippen LogP contribution is -2.48. The number of aryl methyl sites for hydroxylation is 1. The van der Waals surface area contributed by atoms with Crippen molar-refractivity contribution in [2.75, 3.05) is 26.2 Å². The van der Waals surface area contributed by atoms with Gasteiger partial charge in [-0.15, -0.1) is 0 Å². The van der Waals surface area contributed by atoms with Crippen LogP contribution in [0.1, 0.15) is 27.4 Å². The number of piperazine rings is 1. The van der Waals surface area contributed by atoms with E-state index in [1.807, 2.05) is 77.3 Å². The summed E-state index contributed by atoms with van der Waals surface area (Å²) in [6, 6.07) is 17.8. The van der Waals surface area contributed by atoms with Crippen LogP contribution in [-0.2, 0) is 13.1 Å². The number of hydrogen-bond donors (Lipinski definition) is 0. The molecule has 0 saturated carbocycles. The molecule has 1 aliphatic heterocycles. The summed E-state index contributed by atoms with van der Waals surface area (Å²) in [4.78, 5) is 21.6. The molecule has 2 aromatic heterocycles. The topological polar surface area (TPSA) is 80.3 Å². The zero-order valence-corrected chi connectivity index (χ0v) is 18.6. The SMILES string of the molecule is Cc1ccc(-c2noc(CN3CCN(C(=O)c4ccc(Cn5cccn5)cc4)CC3)n2)cc1. The molecule has 1 amide bonds. The molecular weight excluding hydrogens is 416 g/mol. The third-order valence-electron chi connectivity index (χ3n) is 5.90. The van der Waals surface area contributed by atoms with Crippen LogP contribution >= 0.6 is 0 Å². The highest BCUT2D eigenvalue weighted by atomic mass is 16.5. The highest BCUT2D eigenvalue weighted by Gasteiger charge is 2.23. The van der Waals surface area contributed by atoms with E-state index in [-0.39, 0.29) is 5.91 Å². The minimum absolute atomic E-state index is 0.0692. The van der Waals surface area contributed by atoms with Gasteiger partial charge in [0.15, 0.2) is 0 Å². The van der Waals surface area contributed by atoms with Crippen molar-refractivity contribution in [2.45, 2.75) is 20.0 Å². The van der Waals surface area contributed by atoms with Crippen molar-refractivity contribution in [1.82, 2.24) is 29.7 Å². The standard InChI is InChI=1S/C25H26N6O2/c1-19-3-7-21(8-4-19)24-27-23(33-28-24)18-29-13-15-30(16-14-29)25(32)22-9-5-20(6-10-22)17-31-12-2-11-26-31/h2-12H,13-18H2,1H3. The number of aromatic nitrogens is 4. The summed E-state index contributed by atoms with van der Waals surface area (Å²) in [5.74, 6) is 1.27. The molecule has 0 radical (unpaired) electrons. The van der Waals surface area contributed by atoms with E-state index < -0.39 is 0 Å². The van der Waals surface area contributed by atoms with Crippen LogP contribution in [0.3, 0.4) is 0 Å². The number of carbonyl (C=O) groups is 1. The minimum Gasteiger partial charge on any atom is -0.338 e. The van der Waals surface area contributed by atoms with Crippen LogP contribution in [0.25, 0.3) is 11.4 Å². The fourth-order valence-electron chi connectivity index (χ4n) is 3.96. The van der Waals surface area contributed by atoms with Crippen molar-refractivity contribution in [3.8, 4) is 11.4 Å². The van der Waals surface area contributed by atoms with Crippen molar-refractivity contribution >= 4 is 5.91 Å². The van der Waals surface area contributed by atoms with Gasteiger partial charge < -0.3 is 9.42 Å². The molecule has 4 aromatic rings. The molecule has 3 heterocycles. The normalized spacial score (nSPS) is 14.5. The Kier molecular flexibility index (Phi) is 5.99. The Morgan fingerprint density at radius 2 is 1.73 bits per heavy atom. The van der Waals surface area contributed by atoms with E-state index >= 15 is 0 Å². The Morgan fingerprint density at radius 1 is 0.970 bits per heavy atom. The molecule has 1 saturated heterocycles. The summed E-state index contributed by atoms with van der Waals surface area (Å²) in [7, 11) is 0. The Balaban J connectivity index is 1.13. The third kappa shape index (κ3) is 5.01. The smallest absolute Gasteiger partial charge is 0.253 e. The second kappa shape index (κ2) is 9.38. The van der Waals surface area contributed by atoms with Crippen LogP contribution in [0.4, 0.5) is 0 Å². The fourth-order valence-corrected chi connectivity index (χ4v) is 3.96. The summed E-state index contributed by atoms with van der Waals surface area (Å²) in [6.45, 7) is 6.22. The van der Waals surface area contributed by atoms with E-state index in [1.165, 1.54) is 5.56 Å². The van der Waals surface area contributed by atoms with E-state index in [1.54, 1.807) is 6.20 Å². The Morgan fingerprint density at radius 3 is 2.42 bits per heavy atom. The van der Waals surface area contributed by atoms with Gasteiger partial charge in [-0.25, -0.2) is 0 Å². The van der Waals surface area contributed by atoms with Gasteiger partial charge in [0, 0.05) is 49.7 Å². The van der Waals surface area contributed by atoms with Gasteiger partial charge in [-0.3, -0.25) is 14.4 Å². The quantitative estimate of drug-likeness (QED) is 0.456. The highest BCUT2D eigenvalue weighted by Crippen LogP contribution is 2.18. The molecule has 0 aliphatic carbocycles. The molecule has 0 bridgehead atoms. The largest absolute Gasteiger partial charge is 0.338 e. The van der Waals surface area contributed by atoms with Gasteiger partial charge in [-0.2, -0.15) is 10.1 Å². The van der Waals surface area contributed by atoms with Crippen LogP contribution in [0, 0.1) is 6.92 Å². The molecule has 0 N–H and O–H groups in total. The molecule has 5 rings (SSSR count). The predicted molar refractivity (Wildman–Crippen MR) is 123 cm³/mol. The average molecular weight is 443 g/mol. The van der Waals surface area contributed by atoms with Crippen molar-refractivity contribution in [2.24, 2.45) is 0 Å². The van der Waals surface area contributed by atoms with E-state index in [2.05, 4.69) is 20.1 Å². The summed E-state index contributed by atoms with van der Waals surface area (Å²) >= 11 is 0. The molecule has 168 valence electrons. The van der Waals surface area contributed by atoms with Crippen LogP contribution in [-0.4, -0.2) is 61.8 Å². The first-order chi connectivity index (χ1) is 16.1. The first kappa shape index (κ1) is 21.1. The first-order valence-corrected chi connectivity index (χ1v) is 11.1. The third-order valence-corrected chi connectivity index (χ3v) is 5.90. The average Bonchev–Trinajstić information content (AvgIpc) is 3.53. The van der Waals surface area contributed by atoms with Crippen molar-refractivity contribution in [1.29, 1.82) is 0 Å². The maximum absolute atomic E-state index is 12.9. The molecule has 1 aliphatic rings. The number of rotatable bonds is 6. The van der Waals surface area contributed by atoms with E-state index in [9.17, 15) is 4.79 Å². The van der Waals surface area contributed by atoms with Gasteiger partial charge in [0.1, 0.15) is 0 Å². The lowest BCUT2D eigenvalue weighted by Gasteiger charge is -2.34. The van der Waals surface area contributed by atoms with Crippen LogP contribution in [0.15, 0.2) is 71.5 Å². The molecule has 33 heavy (non-hydrogen) atoms. The Labute approximate surface area is 192 Å². The number of benzene rings is 2. The molecule has 0 atom stereocenters. The number of amides is 1. The van der Waals surface area contributed by atoms with E-state index in [4.69, 9.17) is 4.52 Å². The van der Waals surface area contributed by atoms with Crippen LogP contribution in [0.2, 0.25) is 0 Å². The van der Waals surface area contributed by atoms with Crippen LogP contribution in [0.5, 0.6) is 0 Å². The number of hydrogen-bond acceptors (Lipinski definition) is 6. The maximum Gasteiger partial charge on any atom is 0.253 e. The van der Waals surface area contributed by atoms with Gasteiger partial charge in [-0.1, -0.05) is 47.1 Å². The zero-order valence-electron chi connectivity index (χ0n) is 18.6. The lowest BCUT2D eigenvalue weighted by atomic mass is 10.1. The monoisotopic (exact) mass is 442 g/mol. The molecule has 1 fully saturated rings. The summed E-state index contributed by atoms with van der Waals surface area (Å²) < 4.78 is 7.32. The highest BCUT2D eigenvalue weighted by molar-refractivity contribution is 5.94. The maximum atomic E-state index is 12.9. The number of carbonyl (C=O) groups excluding carboxylic acids is 1. The predicted octanol–water partition coefficient (Wildman–Crippen LogP) is 3.25. The fraction of sp³-hybridized carbons (Fsp3) is 0.280. The van der Waals surface area contributed by atoms with Crippen molar-refractivity contribution in [3.63, 3.8) is 0 Å². The lowest BCUT2D eigenvalue weighted by molar-refractivity contribution is 0.0615. The van der Waals surface area contributed by atoms with Gasteiger partial charge >= 0.3 is 0 Å². The van der Waals surface area contributed by atoms with Gasteiger partial charge in [0.2, 0.25) is 11.7 Å². The summed E-state index contributed by atoms with van der Waals surface area (Å²) in [6.07, 6.45) is 3.69. The first-order valence-electron chi connectivity index (χ1n) is 11.1. The van der Waals surface area contributed by atoms with Crippen molar-refractivity contribution in [3.05, 3.63) is 89.6 Å². The zero-order chi connectivity index (χ0) is 22.6. The molecule has 0 unspecified atom stereocenters. The molecule has 0 spiro atoms. The van der Waals surface area contributed by atoms with E-state index in [0.29, 0.717) is 43.5 Å². The second-order valence-corrected chi connectivity index (χ2v) is 8.35. The minimum atomic E-state index is 0.0692. The Bertz CT molecular complexity index is 1190. The van der Waals surface area contributed by atoms with Gasteiger partial charge in [-0.05, 0) is 30.7 Å². The van der Waals surface area contributed by atoms with Gasteiger partial charge in [0.05, 0.1) is 13.1 Å². The molecular formula is C25H26N6O2. The number of nitrogens with zero attached hydrogens (tertiary/aromatic N) is 6. The Hall–Kier alpha value is -3.78. The second-order valence-electron chi connectivity index (χ2n) is 8.35. The molecule has 8 heteroatoms. The molecule has 2 aromatic carbocycles. The summed E-state index contributed by atoms with van der Waals surface area (Å²) in [5, 5.41) is 8.33. The van der Waals surface area contributed by atoms with Crippen LogP contribution < -0.4 is 0 Å². The van der Waals surface area contributed by atoms with E-state index in [0.717, 1.165) is 24.2 Å².